The average Bonchev–Trinajstić information content (AvgIpc) is 2.57. The number of aromatic hydroxyl groups is 1. The summed E-state index contributed by atoms with van der Waals surface area (Å²) in [4.78, 5) is 16.4. The van der Waals surface area contributed by atoms with Gasteiger partial charge >= 0.3 is 0 Å². The number of rotatable bonds is 8. The van der Waals surface area contributed by atoms with Crippen molar-refractivity contribution in [3.63, 3.8) is 0 Å². The SMILES string of the molecule is CCNC(=NCC(C)(C)OC)NCCNC(=O)c1ccc(O)cc1.I. The molecule has 8 heteroatoms. The van der Waals surface area contributed by atoms with Gasteiger partial charge in [0.15, 0.2) is 5.96 Å². The smallest absolute Gasteiger partial charge is 0.251 e. The maximum atomic E-state index is 11.9. The normalized spacial score (nSPS) is 11.4. The van der Waals surface area contributed by atoms with Crippen LogP contribution in [-0.2, 0) is 4.74 Å². The molecule has 0 aromatic heterocycles. The van der Waals surface area contributed by atoms with Crippen molar-refractivity contribution < 1.29 is 14.6 Å². The van der Waals surface area contributed by atoms with E-state index in [2.05, 4.69) is 20.9 Å². The summed E-state index contributed by atoms with van der Waals surface area (Å²) in [6.07, 6.45) is 0. The van der Waals surface area contributed by atoms with Gasteiger partial charge in [0.25, 0.3) is 5.91 Å². The lowest BCUT2D eigenvalue weighted by atomic mass is 10.1. The van der Waals surface area contributed by atoms with Crippen molar-refractivity contribution in [2.45, 2.75) is 26.4 Å². The van der Waals surface area contributed by atoms with E-state index in [0.29, 0.717) is 31.2 Å². The van der Waals surface area contributed by atoms with Gasteiger partial charge in [0.1, 0.15) is 5.75 Å². The molecule has 1 aromatic carbocycles. The number of carbonyl (C=O) groups excluding carboxylic acids is 1. The van der Waals surface area contributed by atoms with Gasteiger partial charge in [0.2, 0.25) is 0 Å². The van der Waals surface area contributed by atoms with Crippen LogP contribution in [0.4, 0.5) is 0 Å². The molecular weight excluding hydrogens is 435 g/mol. The Kier molecular flexibility index (Phi) is 11.2. The predicted molar refractivity (Wildman–Crippen MR) is 111 cm³/mol. The highest BCUT2D eigenvalue weighted by Gasteiger charge is 2.15. The molecule has 1 aromatic rings. The molecular formula is C17H29IN4O3. The molecule has 0 unspecified atom stereocenters. The van der Waals surface area contributed by atoms with Crippen molar-refractivity contribution in [3.8, 4) is 5.75 Å². The Morgan fingerprint density at radius 1 is 1.16 bits per heavy atom. The predicted octanol–water partition coefficient (Wildman–Crippen LogP) is 1.72. The monoisotopic (exact) mass is 464 g/mol. The second-order valence-corrected chi connectivity index (χ2v) is 5.89. The zero-order valence-corrected chi connectivity index (χ0v) is 17.6. The molecule has 0 atom stereocenters. The van der Waals surface area contributed by atoms with Crippen molar-refractivity contribution in [1.82, 2.24) is 16.0 Å². The highest BCUT2D eigenvalue weighted by molar-refractivity contribution is 14.0. The molecule has 1 amide bonds. The summed E-state index contributed by atoms with van der Waals surface area (Å²) in [7, 11) is 1.66. The maximum Gasteiger partial charge on any atom is 0.251 e. The molecule has 0 fully saturated rings. The van der Waals surface area contributed by atoms with Crippen LogP contribution in [0.5, 0.6) is 5.75 Å². The number of guanidine groups is 1. The topological polar surface area (TPSA) is 95.0 Å². The van der Waals surface area contributed by atoms with Crippen LogP contribution in [-0.4, -0.2) is 55.9 Å². The average molecular weight is 464 g/mol. The number of nitrogens with zero attached hydrogens (tertiary/aromatic N) is 1. The van der Waals surface area contributed by atoms with E-state index in [1.807, 2.05) is 20.8 Å². The van der Waals surface area contributed by atoms with Crippen molar-refractivity contribution in [2.75, 3.05) is 33.3 Å². The fraction of sp³-hybridized carbons (Fsp3) is 0.529. The van der Waals surface area contributed by atoms with Crippen LogP contribution < -0.4 is 16.0 Å². The first-order chi connectivity index (χ1) is 11.4. The summed E-state index contributed by atoms with van der Waals surface area (Å²) in [6.45, 7) is 8.21. The Balaban J connectivity index is 0.00000576. The molecule has 0 bridgehead atoms. The highest BCUT2D eigenvalue weighted by atomic mass is 127. The van der Waals surface area contributed by atoms with Crippen LogP contribution in [0.15, 0.2) is 29.3 Å². The third kappa shape index (κ3) is 9.49. The quantitative estimate of drug-likeness (QED) is 0.204. The van der Waals surface area contributed by atoms with Gasteiger partial charge in [-0.1, -0.05) is 0 Å². The van der Waals surface area contributed by atoms with E-state index in [9.17, 15) is 9.90 Å². The van der Waals surface area contributed by atoms with E-state index in [1.165, 1.54) is 12.1 Å². The summed E-state index contributed by atoms with van der Waals surface area (Å²) in [5, 5.41) is 18.3. The Morgan fingerprint density at radius 3 is 2.32 bits per heavy atom. The highest BCUT2D eigenvalue weighted by Crippen LogP contribution is 2.09. The molecule has 4 N–H and O–H groups in total. The first-order valence-corrected chi connectivity index (χ1v) is 8.02. The molecule has 0 saturated carbocycles. The van der Waals surface area contributed by atoms with Gasteiger partial charge in [-0.3, -0.25) is 9.79 Å². The van der Waals surface area contributed by atoms with Gasteiger partial charge in [0, 0.05) is 32.3 Å². The molecule has 7 nitrogen and oxygen atoms in total. The summed E-state index contributed by atoms with van der Waals surface area (Å²) in [5.41, 5.74) is 0.185. The molecule has 0 heterocycles. The van der Waals surface area contributed by atoms with Crippen molar-refractivity contribution in [3.05, 3.63) is 29.8 Å². The number of hydrogen-bond donors (Lipinski definition) is 4. The van der Waals surface area contributed by atoms with E-state index in [4.69, 9.17) is 4.74 Å². The number of halogens is 1. The molecule has 0 saturated heterocycles. The van der Waals surface area contributed by atoms with E-state index in [0.717, 1.165) is 6.54 Å². The van der Waals surface area contributed by atoms with Crippen LogP contribution in [0, 0.1) is 0 Å². The number of phenols is 1. The third-order valence-corrected chi connectivity index (χ3v) is 3.35. The van der Waals surface area contributed by atoms with Crippen molar-refractivity contribution >= 4 is 35.8 Å². The molecule has 1 rings (SSSR count). The number of hydrogen-bond acceptors (Lipinski definition) is 4. The lowest BCUT2D eigenvalue weighted by Gasteiger charge is -2.21. The molecule has 25 heavy (non-hydrogen) atoms. The first-order valence-electron chi connectivity index (χ1n) is 8.02. The molecule has 0 aliphatic heterocycles. The fourth-order valence-corrected chi connectivity index (χ4v) is 1.75. The number of methoxy groups -OCH3 is 1. The lowest BCUT2D eigenvalue weighted by Crippen LogP contribution is -2.42. The van der Waals surface area contributed by atoms with E-state index in [1.54, 1.807) is 19.2 Å². The Labute approximate surface area is 166 Å². The van der Waals surface area contributed by atoms with Crippen LogP contribution in [0.25, 0.3) is 0 Å². The molecule has 0 aliphatic carbocycles. The summed E-state index contributed by atoms with van der Waals surface area (Å²) < 4.78 is 5.34. The second kappa shape index (κ2) is 11.9. The number of aliphatic imine (C=N–C) groups is 1. The van der Waals surface area contributed by atoms with Gasteiger partial charge in [0.05, 0.1) is 12.1 Å². The zero-order chi connectivity index (χ0) is 18.0. The minimum atomic E-state index is -0.324. The van der Waals surface area contributed by atoms with Crippen molar-refractivity contribution in [2.24, 2.45) is 4.99 Å². The second-order valence-electron chi connectivity index (χ2n) is 5.89. The lowest BCUT2D eigenvalue weighted by molar-refractivity contribution is 0.0310. The van der Waals surface area contributed by atoms with Crippen molar-refractivity contribution in [1.29, 1.82) is 0 Å². The molecule has 0 radical (unpaired) electrons. The van der Waals surface area contributed by atoms with Gasteiger partial charge in [-0.15, -0.1) is 24.0 Å². The first kappa shape index (κ1) is 23.4. The van der Waals surface area contributed by atoms with Gasteiger partial charge in [-0.25, -0.2) is 0 Å². The summed E-state index contributed by atoms with van der Waals surface area (Å²) in [6, 6.07) is 6.13. The number of carbonyl (C=O) groups is 1. The molecule has 142 valence electrons. The van der Waals surface area contributed by atoms with Crippen LogP contribution in [0.2, 0.25) is 0 Å². The van der Waals surface area contributed by atoms with Crippen LogP contribution >= 0.6 is 24.0 Å². The minimum Gasteiger partial charge on any atom is -0.508 e. The molecule has 0 aliphatic rings. The van der Waals surface area contributed by atoms with Gasteiger partial charge in [-0.2, -0.15) is 0 Å². The number of amides is 1. The summed E-state index contributed by atoms with van der Waals surface area (Å²) >= 11 is 0. The minimum absolute atomic E-state index is 0. The number of benzene rings is 1. The fourth-order valence-electron chi connectivity index (χ4n) is 1.75. The number of ether oxygens (including phenoxy) is 1. The van der Waals surface area contributed by atoms with E-state index < -0.39 is 0 Å². The van der Waals surface area contributed by atoms with Gasteiger partial charge < -0.3 is 25.8 Å². The molecule has 0 spiro atoms. The zero-order valence-electron chi connectivity index (χ0n) is 15.3. The standard InChI is InChI=1S/C17H28N4O3.HI/c1-5-18-16(21-12-17(2,3)24-4)20-11-10-19-15(23)13-6-8-14(22)9-7-13;/h6-9,22H,5,10-12H2,1-4H3,(H,19,23)(H2,18,20,21);1H. The Morgan fingerprint density at radius 2 is 1.76 bits per heavy atom. The third-order valence-electron chi connectivity index (χ3n) is 3.35. The van der Waals surface area contributed by atoms with Crippen LogP contribution in [0.1, 0.15) is 31.1 Å². The number of phenolic OH excluding ortho intramolecular Hbond substituents is 1. The maximum absolute atomic E-state index is 11.9. The summed E-state index contributed by atoms with van der Waals surface area (Å²) in [5.74, 6) is 0.638. The van der Waals surface area contributed by atoms with Crippen LogP contribution in [0.3, 0.4) is 0 Å². The largest absolute Gasteiger partial charge is 0.508 e. The Hall–Kier alpha value is -1.55. The number of nitrogens with one attached hydrogen (secondary N) is 3. The van der Waals surface area contributed by atoms with E-state index in [-0.39, 0.29) is 41.2 Å². The Bertz CT molecular complexity index is 547. The van der Waals surface area contributed by atoms with E-state index >= 15 is 0 Å². The van der Waals surface area contributed by atoms with Gasteiger partial charge in [-0.05, 0) is 45.0 Å².